The van der Waals surface area contributed by atoms with E-state index in [0.717, 1.165) is 72.4 Å². The minimum absolute atomic E-state index is 0.158. The molecule has 172 valence electrons. The van der Waals surface area contributed by atoms with E-state index in [1.165, 1.54) is 0 Å². The smallest absolute Gasteiger partial charge is 0.338 e. The highest BCUT2D eigenvalue weighted by atomic mass is 16.5. The van der Waals surface area contributed by atoms with Crippen molar-refractivity contribution in [3.63, 3.8) is 0 Å². The van der Waals surface area contributed by atoms with Gasteiger partial charge >= 0.3 is 5.97 Å². The quantitative estimate of drug-likeness (QED) is 0.416. The van der Waals surface area contributed by atoms with Crippen molar-refractivity contribution in [2.45, 2.75) is 52.1 Å². The molecule has 4 aromatic rings. The van der Waals surface area contributed by atoms with Gasteiger partial charge in [-0.2, -0.15) is 0 Å². The number of anilines is 1. The number of hydrogen-bond donors (Lipinski definition) is 2. The lowest BCUT2D eigenvalue weighted by molar-refractivity contribution is 0.0698. The number of carboxylic acid groups (broad SMARTS) is 1. The van der Waals surface area contributed by atoms with Crippen molar-refractivity contribution in [3.8, 4) is 5.75 Å². The minimum Gasteiger partial charge on any atom is -0.491 e. The minimum atomic E-state index is -0.904. The van der Waals surface area contributed by atoms with Gasteiger partial charge in [-0.15, -0.1) is 0 Å². The maximum Gasteiger partial charge on any atom is 0.338 e. The molecule has 1 atom stereocenters. The highest BCUT2D eigenvalue weighted by molar-refractivity contribution is 6.05. The van der Waals surface area contributed by atoms with Crippen LogP contribution in [0, 0.1) is 6.92 Å². The van der Waals surface area contributed by atoms with Crippen LogP contribution in [-0.4, -0.2) is 54.8 Å². The van der Waals surface area contributed by atoms with Crippen molar-refractivity contribution >= 4 is 33.9 Å². The fraction of sp³-hybridized carbons (Fsp3) is 0.417. The summed E-state index contributed by atoms with van der Waals surface area (Å²) >= 11 is 0. The number of unbranched alkanes of at least 4 members (excludes halogenated alkanes) is 1. The number of benzene rings is 1. The number of nitrogens with one attached hydrogen (secondary N) is 1. The molecule has 1 fully saturated rings. The van der Waals surface area contributed by atoms with E-state index in [4.69, 9.17) is 4.74 Å². The first kappa shape index (κ1) is 21.2. The number of fused-ring (bicyclic) bond motifs is 2. The molecule has 9 nitrogen and oxygen atoms in total. The maximum absolute atomic E-state index is 12.0. The van der Waals surface area contributed by atoms with Crippen molar-refractivity contribution in [1.82, 2.24) is 24.5 Å². The monoisotopic (exact) mass is 448 g/mol. The Hall–Kier alpha value is -3.62. The topological polar surface area (TPSA) is 109 Å². The Kier molecular flexibility index (Phi) is 5.62. The van der Waals surface area contributed by atoms with E-state index in [1.54, 1.807) is 12.7 Å². The van der Waals surface area contributed by atoms with Gasteiger partial charge in [-0.1, -0.05) is 13.3 Å². The lowest BCUT2D eigenvalue weighted by Gasteiger charge is -2.25. The fourth-order valence-corrected chi connectivity index (χ4v) is 4.87. The highest BCUT2D eigenvalue weighted by Crippen LogP contribution is 2.32. The van der Waals surface area contributed by atoms with Crippen molar-refractivity contribution in [2.24, 2.45) is 0 Å². The van der Waals surface area contributed by atoms with E-state index in [0.29, 0.717) is 17.9 Å². The average molecular weight is 449 g/mol. The van der Waals surface area contributed by atoms with Gasteiger partial charge in [0.25, 0.3) is 0 Å². The van der Waals surface area contributed by atoms with Crippen LogP contribution in [0.15, 0.2) is 30.9 Å². The summed E-state index contributed by atoms with van der Waals surface area (Å²) in [5, 5.41) is 10.6. The Morgan fingerprint density at radius 1 is 1.30 bits per heavy atom. The van der Waals surface area contributed by atoms with E-state index in [-0.39, 0.29) is 6.04 Å². The van der Waals surface area contributed by atoms with Crippen LogP contribution in [0.4, 0.5) is 5.82 Å². The van der Waals surface area contributed by atoms with E-state index in [9.17, 15) is 9.90 Å². The first-order valence-corrected chi connectivity index (χ1v) is 11.5. The molecule has 2 N–H and O–H groups in total. The molecule has 1 aliphatic rings. The predicted molar refractivity (Wildman–Crippen MR) is 126 cm³/mol. The van der Waals surface area contributed by atoms with Gasteiger partial charge < -0.3 is 24.3 Å². The Balaban J connectivity index is 1.39. The second-order valence-corrected chi connectivity index (χ2v) is 8.55. The van der Waals surface area contributed by atoms with Gasteiger partial charge in [0.15, 0.2) is 11.5 Å². The first-order valence-electron chi connectivity index (χ1n) is 11.5. The summed E-state index contributed by atoms with van der Waals surface area (Å²) in [5.41, 5.74) is 3.57. The van der Waals surface area contributed by atoms with E-state index in [1.807, 2.05) is 25.1 Å². The second-order valence-electron chi connectivity index (χ2n) is 8.55. The predicted octanol–water partition coefficient (Wildman–Crippen LogP) is 4.16. The number of ether oxygens (including phenoxy) is 1. The number of aromatic carboxylic acids is 1. The lowest BCUT2D eigenvalue weighted by Crippen LogP contribution is -2.35. The molecule has 1 unspecified atom stereocenters. The number of aromatic nitrogens is 5. The normalized spacial score (nSPS) is 16.2. The zero-order chi connectivity index (χ0) is 22.9. The third-order valence-corrected chi connectivity index (χ3v) is 6.53. The average Bonchev–Trinajstić information content (AvgIpc) is 3.53. The van der Waals surface area contributed by atoms with Gasteiger partial charge in [-0.25, -0.2) is 19.7 Å². The van der Waals surface area contributed by atoms with Crippen molar-refractivity contribution in [1.29, 1.82) is 0 Å². The highest BCUT2D eigenvalue weighted by Gasteiger charge is 2.29. The Morgan fingerprint density at radius 2 is 2.18 bits per heavy atom. The van der Waals surface area contributed by atoms with Crippen LogP contribution in [0.1, 0.15) is 48.7 Å². The zero-order valence-electron chi connectivity index (χ0n) is 18.9. The third kappa shape index (κ3) is 3.77. The summed E-state index contributed by atoms with van der Waals surface area (Å²) in [6, 6.07) is 5.94. The number of imidazole rings is 1. The van der Waals surface area contributed by atoms with Crippen molar-refractivity contribution in [3.05, 3.63) is 42.1 Å². The SMILES string of the molecule is CCCCn1c(C)c(C(=O)O)c2cc(OCC3CCCN3c3ncnc4[nH]cnc34)ccc21. The molecule has 0 radical (unpaired) electrons. The molecular formula is C24H28N6O3. The number of hydrogen-bond acceptors (Lipinski definition) is 6. The van der Waals surface area contributed by atoms with Crippen LogP contribution in [0.3, 0.4) is 0 Å². The number of aryl methyl sites for hydroxylation is 1. The van der Waals surface area contributed by atoms with E-state index < -0.39 is 5.97 Å². The van der Waals surface area contributed by atoms with Crippen LogP contribution in [-0.2, 0) is 6.54 Å². The molecule has 33 heavy (non-hydrogen) atoms. The first-order chi connectivity index (χ1) is 16.1. The zero-order valence-corrected chi connectivity index (χ0v) is 18.9. The fourth-order valence-electron chi connectivity index (χ4n) is 4.87. The largest absolute Gasteiger partial charge is 0.491 e. The van der Waals surface area contributed by atoms with E-state index in [2.05, 4.69) is 36.3 Å². The molecule has 0 amide bonds. The molecule has 0 spiro atoms. The second kappa shape index (κ2) is 8.73. The van der Waals surface area contributed by atoms with Crippen LogP contribution >= 0.6 is 0 Å². The molecule has 5 rings (SSSR count). The molecule has 1 aliphatic heterocycles. The summed E-state index contributed by atoms with van der Waals surface area (Å²) < 4.78 is 8.30. The van der Waals surface area contributed by atoms with Gasteiger partial charge in [0.05, 0.1) is 17.9 Å². The molecule has 1 aromatic carbocycles. The van der Waals surface area contributed by atoms with Crippen molar-refractivity contribution in [2.75, 3.05) is 18.1 Å². The number of nitrogens with zero attached hydrogens (tertiary/aromatic N) is 5. The summed E-state index contributed by atoms with van der Waals surface area (Å²) in [7, 11) is 0. The third-order valence-electron chi connectivity index (χ3n) is 6.53. The van der Waals surface area contributed by atoms with Crippen molar-refractivity contribution < 1.29 is 14.6 Å². The van der Waals surface area contributed by atoms with Gasteiger partial charge in [0.1, 0.15) is 24.2 Å². The van der Waals surface area contributed by atoms with Crippen LogP contribution in [0.2, 0.25) is 0 Å². The van der Waals surface area contributed by atoms with Crippen LogP contribution < -0.4 is 9.64 Å². The standard InChI is InChI=1S/C24H28N6O3/c1-3-4-9-29-15(2)20(24(31)32)18-11-17(7-8-19(18)29)33-12-16-6-5-10-30(16)23-21-22(26-13-25-21)27-14-28-23/h7-8,11,13-14,16H,3-6,9-10,12H2,1-2H3,(H,31,32)(H,25,26,27,28). The number of carboxylic acids is 1. The molecule has 1 saturated heterocycles. The van der Waals surface area contributed by atoms with Gasteiger partial charge in [-0.3, -0.25) is 0 Å². The molecule has 0 bridgehead atoms. The van der Waals surface area contributed by atoms with Crippen LogP contribution in [0.5, 0.6) is 5.75 Å². The van der Waals surface area contributed by atoms with E-state index >= 15 is 0 Å². The van der Waals surface area contributed by atoms with Crippen LogP contribution in [0.25, 0.3) is 22.1 Å². The molecule has 9 heteroatoms. The lowest BCUT2D eigenvalue weighted by atomic mass is 10.1. The molecule has 0 aliphatic carbocycles. The Labute approximate surface area is 191 Å². The number of H-pyrrole nitrogens is 1. The Morgan fingerprint density at radius 3 is 3.00 bits per heavy atom. The number of carbonyl (C=O) groups is 1. The van der Waals surface area contributed by atoms with Gasteiger partial charge in [0, 0.05) is 29.7 Å². The molecule has 0 saturated carbocycles. The molecular weight excluding hydrogens is 420 g/mol. The summed E-state index contributed by atoms with van der Waals surface area (Å²) in [5.74, 6) is 0.593. The Bertz CT molecular complexity index is 1310. The van der Waals surface area contributed by atoms with Gasteiger partial charge in [-0.05, 0) is 44.4 Å². The molecule has 3 aromatic heterocycles. The maximum atomic E-state index is 12.0. The summed E-state index contributed by atoms with van der Waals surface area (Å²) in [4.78, 5) is 30.4. The molecule has 4 heterocycles. The van der Waals surface area contributed by atoms with Gasteiger partial charge in [0.2, 0.25) is 0 Å². The number of rotatable bonds is 8. The number of aromatic amines is 1. The summed E-state index contributed by atoms with van der Waals surface area (Å²) in [6.07, 6.45) is 7.28. The summed E-state index contributed by atoms with van der Waals surface area (Å²) in [6.45, 7) is 6.20.